The van der Waals surface area contributed by atoms with Crippen molar-refractivity contribution in [3.63, 3.8) is 0 Å². The van der Waals surface area contributed by atoms with Crippen molar-refractivity contribution in [1.82, 2.24) is 0 Å². The molecule has 1 aliphatic rings. The SMILES string of the molecule is NCCC(O)c1cccc(C(CC2CCCC2)C(=O)C=O)c1. The van der Waals surface area contributed by atoms with Crippen molar-refractivity contribution in [3.8, 4) is 0 Å². The summed E-state index contributed by atoms with van der Waals surface area (Å²) < 4.78 is 0. The Balaban J connectivity index is 2.20. The summed E-state index contributed by atoms with van der Waals surface area (Å²) in [6.07, 6.45) is 5.72. The van der Waals surface area contributed by atoms with Crippen LogP contribution >= 0.6 is 0 Å². The predicted molar refractivity (Wildman–Crippen MR) is 85.5 cm³/mol. The molecule has 4 nitrogen and oxygen atoms in total. The Morgan fingerprint density at radius 3 is 2.64 bits per heavy atom. The van der Waals surface area contributed by atoms with E-state index >= 15 is 0 Å². The van der Waals surface area contributed by atoms with Gasteiger partial charge in [0.05, 0.1) is 12.0 Å². The molecule has 2 rings (SSSR count). The standard InChI is InChI=1S/C18H25NO3/c19-9-8-17(21)15-7-3-6-14(11-15)16(18(22)12-20)10-13-4-1-2-5-13/h3,6-7,11-13,16-17,21H,1-2,4-5,8-10,19H2. The van der Waals surface area contributed by atoms with Crippen LogP contribution < -0.4 is 5.73 Å². The number of benzene rings is 1. The van der Waals surface area contributed by atoms with Gasteiger partial charge in [0.15, 0.2) is 6.29 Å². The molecule has 0 amide bonds. The van der Waals surface area contributed by atoms with Crippen molar-refractivity contribution in [2.45, 2.75) is 50.5 Å². The van der Waals surface area contributed by atoms with Gasteiger partial charge in [-0.25, -0.2) is 0 Å². The fraction of sp³-hybridized carbons (Fsp3) is 0.556. The Morgan fingerprint density at radius 1 is 1.32 bits per heavy atom. The van der Waals surface area contributed by atoms with E-state index < -0.39 is 6.10 Å². The van der Waals surface area contributed by atoms with Crippen LogP contribution in [0.2, 0.25) is 0 Å². The number of aliphatic hydroxyl groups is 1. The highest BCUT2D eigenvalue weighted by Crippen LogP contribution is 2.35. The molecular formula is C18H25NO3. The molecule has 0 radical (unpaired) electrons. The molecule has 0 saturated heterocycles. The van der Waals surface area contributed by atoms with Gasteiger partial charge in [-0.05, 0) is 36.4 Å². The largest absolute Gasteiger partial charge is 0.388 e. The average Bonchev–Trinajstić information content (AvgIpc) is 3.05. The molecule has 0 bridgehead atoms. The molecule has 0 aliphatic heterocycles. The minimum Gasteiger partial charge on any atom is -0.388 e. The van der Waals surface area contributed by atoms with E-state index in [4.69, 9.17) is 5.73 Å². The fourth-order valence-corrected chi connectivity index (χ4v) is 3.39. The lowest BCUT2D eigenvalue weighted by atomic mass is 9.84. The first-order chi connectivity index (χ1) is 10.7. The maximum absolute atomic E-state index is 12.1. The molecule has 1 saturated carbocycles. The molecule has 22 heavy (non-hydrogen) atoms. The smallest absolute Gasteiger partial charge is 0.202 e. The first kappa shape index (κ1) is 16.8. The molecule has 1 aromatic carbocycles. The van der Waals surface area contributed by atoms with E-state index in [9.17, 15) is 14.7 Å². The van der Waals surface area contributed by atoms with Gasteiger partial charge in [-0.15, -0.1) is 0 Å². The van der Waals surface area contributed by atoms with Gasteiger partial charge in [0.1, 0.15) is 0 Å². The second-order valence-corrected chi connectivity index (χ2v) is 6.22. The molecule has 1 fully saturated rings. The molecule has 0 heterocycles. The Morgan fingerprint density at radius 2 is 2.00 bits per heavy atom. The zero-order valence-corrected chi connectivity index (χ0v) is 12.9. The fourth-order valence-electron chi connectivity index (χ4n) is 3.39. The van der Waals surface area contributed by atoms with Gasteiger partial charge in [-0.3, -0.25) is 9.59 Å². The highest BCUT2D eigenvalue weighted by molar-refractivity contribution is 6.27. The van der Waals surface area contributed by atoms with Crippen molar-refractivity contribution in [3.05, 3.63) is 35.4 Å². The minimum atomic E-state index is -0.622. The Hall–Kier alpha value is -1.52. The Bertz CT molecular complexity index is 509. The summed E-state index contributed by atoms with van der Waals surface area (Å²) in [6, 6.07) is 7.40. The van der Waals surface area contributed by atoms with E-state index in [0.29, 0.717) is 25.2 Å². The van der Waals surface area contributed by atoms with E-state index in [0.717, 1.165) is 30.4 Å². The summed E-state index contributed by atoms with van der Waals surface area (Å²) in [5.74, 6) is -0.227. The zero-order valence-electron chi connectivity index (χ0n) is 12.9. The van der Waals surface area contributed by atoms with Crippen molar-refractivity contribution in [2.24, 2.45) is 11.7 Å². The quantitative estimate of drug-likeness (QED) is 0.571. The summed E-state index contributed by atoms with van der Waals surface area (Å²) in [7, 11) is 0. The van der Waals surface area contributed by atoms with Crippen LogP contribution in [-0.4, -0.2) is 23.7 Å². The molecule has 2 atom stereocenters. The van der Waals surface area contributed by atoms with Crippen LogP contribution in [-0.2, 0) is 9.59 Å². The van der Waals surface area contributed by atoms with Crippen LogP contribution in [0.5, 0.6) is 0 Å². The average molecular weight is 303 g/mol. The van der Waals surface area contributed by atoms with E-state index in [1.54, 1.807) is 0 Å². The number of carbonyl (C=O) groups is 2. The van der Waals surface area contributed by atoms with Crippen LogP contribution in [0.4, 0.5) is 0 Å². The summed E-state index contributed by atoms with van der Waals surface area (Å²) in [5, 5.41) is 10.1. The third-order valence-electron chi connectivity index (χ3n) is 4.64. The number of nitrogens with two attached hydrogens (primary N) is 1. The van der Waals surface area contributed by atoms with Gasteiger partial charge >= 0.3 is 0 Å². The molecule has 4 heteroatoms. The number of rotatable bonds is 8. The van der Waals surface area contributed by atoms with Crippen LogP contribution in [0.25, 0.3) is 0 Å². The minimum absolute atomic E-state index is 0.364. The molecule has 0 spiro atoms. The summed E-state index contributed by atoms with van der Waals surface area (Å²) in [6.45, 7) is 0.407. The highest BCUT2D eigenvalue weighted by atomic mass is 16.3. The molecule has 0 aromatic heterocycles. The lowest BCUT2D eigenvalue weighted by Gasteiger charge is -2.19. The molecule has 120 valence electrons. The number of aldehydes is 1. The topological polar surface area (TPSA) is 80.4 Å². The van der Waals surface area contributed by atoms with E-state index in [1.807, 2.05) is 24.3 Å². The van der Waals surface area contributed by atoms with Crippen molar-refractivity contribution in [1.29, 1.82) is 0 Å². The van der Waals surface area contributed by atoms with Crippen molar-refractivity contribution in [2.75, 3.05) is 6.54 Å². The number of ketones is 1. The summed E-state index contributed by atoms with van der Waals surface area (Å²) in [5.41, 5.74) is 7.08. The van der Waals surface area contributed by atoms with Gasteiger partial charge in [-0.2, -0.15) is 0 Å². The molecule has 1 aliphatic carbocycles. The third kappa shape index (κ3) is 4.24. The van der Waals surface area contributed by atoms with Crippen molar-refractivity contribution >= 4 is 12.1 Å². The maximum atomic E-state index is 12.1. The monoisotopic (exact) mass is 303 g/mol. The molecule has 3 N–H and O–H groups in total. The van der Waals surface area contributed by atoms with Gasteiger partial charge in [0.25, 0.3) is 0 Å². The number of hydrogen-bond acceptors (Lipinski definition) is 4. The lowest BCUT2D eigenvalue weighted by Crippen LogP contribution is -2.17. The van der Waals surface area contributed by atoms with Crippen LogP contribution in [0.1, 0.15) is 61.7 Å². The number of aliphatic hydroxyl groups excluding tert-OH is 1. The molecule has 1 aromatic rings. The van der Waals surface area contributed by atoms with Crippen molar-refractivity contribution < 1.29 is 14.7 Å². The van der Waals surface area contributed by atoms with Crippen LogP contribution in [0, 0.1) is 5.92 Å². The van der Waals surface area contributed by atoms with E-state index in [2.05, 4.69) is 0 Å². The van der Waals surface area contributed by atoms with Gasteiger partial charge in [-0.1, -0.05) is 49.9 Å². The Labute approximate surface area is 131 Å². The number of hydrogen-bond donors (Lipinski definition) is 2. The van der Waals surface area contributed by atoms with Gasteiger partial charge < -0.3 is 10.8 Å². The second-order valence-electron chi connectivity index (χ2n) is 6.22. The van der Waals surface area contributed by atoms with Gasteiger partial charge in [0, 0.05) is 0 Å². The zero-order chi connectivity index (χ0) is 15.9. The normalized spacial score (nSPS) is 18.1. The first-order valence-electron chi connectivity index (χ1n) is 8.12. The third-order valence-corrected chi connectivity index (χ3v) is 4.64. The molecule has 2 unspecified atom stereocenters. The highest BCUT2D eigenvalue weighted by Gasteiger charge is 2.26. The van der Waals surface area contributed by atoms with E-state index in [-0.39, 0.29) is 11.7 Å². The molecular weight excluding hydrogens is 278 g/mol. The maximum Gasteiger partial charge on any atom is 0.202 e. The van der Waals surface area contributed by atoms with Crippen LogP contribution in [0.3, 0.4) is 0 Å². The lowest BCUT2D eigenvalue weighted by molar-refractivity contribution is -0.131. The predicted octanol–water partition coefficient (Wildman–Crippen LogP) is 2.50. The summed E-state index contributed by atoms with van der Waals surface area (Å²) >= 11 is 0. The first-order valence-corrected chi connectivity index (χ1v) is 8.12. The second kappa shape index (κ2) is 8.20. The number of carbonyl (C=O) groups excluding carboxylic acids is 2. The van der Waals surface area contributed by atoms with E-state index in [1.165, 1.54) is 12.8 Å². The van der Waals surface area contributed by atoms with Crippen LogP contribution in [0.15, 0.2) is 24.3 Å². The Kier molecular flexibility index (Phi) is 6.28. The number of Topliss-reactive ketones (excluding diaryl/α,β-unsaturated/α-hetero) is 1. The summed E-state index contributed by atoms with van der Waals surface area (Å²) in [4.78, 5) is 23.1. The van der Waals surface area contributed by atoms with Gasteiger partial charge in [0.2, 0.25) is 5.78 Å².